The van der Waals surface area contributed by atoms with Gasteiger partial charge in [0, 0.05) is 18.2 Å². The van der Waals surface area contributed by atoms with Gasteiger partial charge in [0.2, 0.25) is 0 Å². The van der Waals surface area contributed by atoms with Crippen molar-refractivity contribution in [2.75, 3.05) is 13.7 Å². The van der Waals surface area contributed by atoms with Crippen molar-refractivity contribution in [3.05, 3.63) is 107 Å². The molecule has 0 N–H and O–H groups in total. The fourth-order valence-corrected chi connectivity index (χ4v) is 5.00. The Balaban J connectivity index is 1.79. The zero-order chi connectivity index (χ0) is 23.0. The van der Waals surface area contributed by atoms with Gasteiger partial charge in [-0.05, 0) is 18.1 Å². The number of carbonyl (C=O) groups excluding carboxylic acids is 2. The number of fused-ring (bicyclic) bond motifs is 4. The third kappa shape index (κ3) is 3.30. The van der Waals surface area contributed by atoms with Crippen LogP contribution < -0.4 is 0 Å². The maximum Gasteiger partial charge on any atom is 0.326 e. The van der Waals surface area contributed by atoms with Gasteiger partial charge < -0.3 is 14.2 Å². The summed E-state index contributed by atoms with van der Waals surface area (Å²) in [7, 11) is 1.54. The molecule has 168 valence electrons. The highest BCUT2D eigenvalue weighted by Crippen LogP contribution is 2.52. The van der Waals surface area contributed by atoms with Crippen molar-refractivity contribution < 1.29 is 23.8 Å². The Morgan fingerprint density at radius 3 is 2.12 bits per heavy atom. The van der Waals surface area contributed by atoms with E-state index in [0.717, 1.165) is 11.1 Å². The lowest BCUT2D eigenvalue weighted by molar-refractivity contribution is -0.290. The minimum atomic E-state index is -1.44. The smallest absolute Gasteiger partial charge is 0.326 e. The number of Topliss-reactive ketones (excluding diaryl/α,β-unsaturated/α-hetero) is 1. The molecule has 5 rings (SSSR count). The summed E-state index contributed by atoms with van der Waals surface area (Å²) in [5.41, 5.74) is 2.95. The Morgan fingerprint density at radius 2 is 1.55 bits per heavy atom. The number of hydrogen-bond acceptors (Lipinski definition) is 6. The van der Waals surface area contributed by atoms with Gasteiger partial charge in [-0.15, -0.1) is 0 Å². The lowest BCUT2D eigenvalue weighted by atomic mass is 9.94. The number of nitrogens with zero attached hydrogens (tertiary/aromatic N) is 1. The lowest BCUT2D eigenvalue weighted by Crippen LogP contribution is -2.52. The second-order valence-corrected chi connectivity index (χ2v) is 8.06. The number of ether oxygens (including phenoxy) is 3. The van der Waals surface area contributed by atoms with E-state index >= 15 is 0 Å². The van der Waals surface area contributed by atoms with Gasteiger partial charge in [0.1, 0.15) is 6.04 Å². The Morgan fingerprint density at radius 1 is 0.970 bits per heavy atom. The Kier molecular flexibility index (Phi) is 5.58. The number of hydrogen-bond donors (Lipinski definition) is 0. The number of carbonyl (C=O) groups is 2. The van der Waals surface area contributed by atoms with Gasteiger partial charge in [0.05, 0.1) is 12.6 Å². The van der Waals surface area contributed by atoms with Crippen LogP contribution in [0.25, 0.3) is 0 Å². The third-order valence-corrected chi connectivity index (χ3v) is 6.32. The molecule has 2 aliphatic heterocycles. The molecule has 3 atom stereocenters. The number of rotatable bonds is 6. The largest absolute Gasteiger partial charge is 0.465 e. The molecule has 1 fully saturated rings. The van der Waals surface area contributed by atoms with E-state index in [1.165, 1.54) is 7.11 Å². The number of methoxy groups -OCH3 is 1. The van der Waals surface area contributed by atoms with Crippen LogP contribution in [0.3, 0.4) is 0 Å². The average molecular weight is 443 g/mol. The standard InChI is InChI=1S/C27H25NO5/c1-3-32-26(30)23-25-24(29)20-16-10-11-17-21(20)27(31-2,33-25)28(23)22(18-12-6-4-7-13-18)19-14-8-5-9-15-19/h4-17,22-23,25H,3H2,1-2H3/t23-,25-,27-/m1/s1. The zero-order valence-corrected chi connectivity index (χ0v) is 18.5. The quantitative estimate of drug-likeness (QED) is 0.536. The van der Waals surface area contributed by atoms with E-state index in [1.54, 1.807) is 19.1 Å². The zero-order valence-electron chi connectivity index (χ0n) is 18.5. The SMILES string of the molecule is CCOC(=O)[C@H]1[C@H]2O[C@](OC)(c3ccccc3C2=O)N1C(c1ccccc1)c1ccccc1. The highest BCUT2D eigenvalue weighted by molar-refractivity contribution is 6.05. The predicted molar refractivity (Wildman–Crippen MR) is 121 cm³/mol. The van der Waals surface area contributed by atoms with Crippen LogP contribution in [-0.2, 0) is 24.9 Å². The molecule has 2 bridgehead atoms. The van der Waals surface area contributed by atoms with Gasteiger partial charge in [-0.3, -0.25) is 9.59 Å². The number of benzene rings is 3. The van der Waals surface area contributed by atoms with Gasteiger partial charge in [0.25, 0.3) is 5.91 Å². The van der Waals surface area contributed by atoms with Crippen LogP contribution in [0.15, 0.2) is 84.9 Å². The Bertz CT molecular complexity index is 1130. The Hall–Kier alpha value is -3.32. The number of ketones is 1. The Labute approximate surface area is 192 Å². The van der Waals surface area contributed by atoms with Crippen LogP contribution in [-0.4, -0.2) is 42.5 Å². The summed E-state index contributed by atoms with van der Waals surface area (Å²) in [4.78, 5) is 28.7. The highest BCUT2D eigenvalue weighted by Gasteiger charge is 2.66. The first-order valence-electron chi connectivity index (χ1n) is 11.0. The second-order valence-electron chi connectivity index (χ2n) is 8.06. The molecule has 6 heteroatoms. The molecule has 0 aliphatic carbocycles. The molecule has 33 heavy (non-hydrogen) atoms. The monoisotopic (exact) mass is 443 g/mol. The van der Waals surface area contributed by atoms with E-state index in [2.05, 4.69) is 0 Å². The second kappa shape index (κ2) is 8.56. The summed E-state index contributed by atoms with van der Waals surface area (Å²) < 4.78 is 17.9. The molecule has 0 amide bonds. The van der Waals surface area contributed by atoms with Crippen LogP contribution in [0.5, 0.6) is 0 Å². The number of esters is 1. The third-order valence-electron chi connectivity index (χ3n) is 6.32. The van der Waals surface area contributed by atoms with Gasteiger partial charge in [0.15, 0.2) is 11.9 Å². The van der Waals surface area contributed by atoms with Gasteiger partial charge in [-0.25, -0.2) is 4.90 Å². The normalized spacial score (nSPS) is 24.0. The first-order valence-corrected chi connectivity index (χ1v) is 11.0. The topological polar surface area (TPSA) is 65.1 Å². The fraction of sp³-hybridized carbons (Fsp3) is 0.259. The van der Waals surface area contributed by atoms with E-state index in [9.17, 15) is 9.59 Å². The summed E-state index contributed by atoms with van der Waals surface area (Å²) in [6.45, 7) is 1.94. The van der Waals surface area contributed by atoms with Gasteiger partial charge >= 0.3 is 5.97 Å². The summed E-state index contributed by atoms with van der Waals surface area (Å²) >= 11 is 0. The first-order chi connectivity index (χ1) is 16.1. The van der Waals surface area contributed by atoms with Crippen molar-refractivity contribution in [1.29, 1.82) is 0 Å². The molecule has 3 aromatic rings. The molecule has 0 aromatic heterocycles. The molecular formula is C27H25NO5. The molecule has 2 heterocycles. The summed E-state index contributed by atoms with van der Waals surface area (Å²) in [6.07, 6.45) is -1.05. The molecule has 2 aliphatic rings. The van der Waals surface area contributed by atoms with Crippen molar-refractivity contribution in [2.45, 2.75) is 31.0 Å². The van der Waals surface area contributed by atoms with E-state index in [4.69, 9.17) is 14.2 Å². The average Bonchev–Trinajstić information content (AvgIpc) is 3.17. The van der Waals surface area contributed by atoms with Crippen LogP contribution in [0, 0.1) is 0 Å². The summed E-state index contributed by atoms with van der Waals surface area (Å²) in [5, 5.41) is 0. The molecule has 6 nitrogen and oxygen atoms in total. The first kappa shape index (κ1) is 21.5. The predicted octanol–water partition coefficient (Wildman–Crippen LogP) is 4.06. The molecular weight excluding hydrogens is 418 g/mol. The van der Waals surface area contributed by atoms with E-state index < -0.39 is 30.1 Å². The van der Waals surface area contributed by atoms with E-state index in [-0.39, 0.29) is 12.4 Å². The van der Waals surface area contributed by atoms with Gasteiger partial charge in [-0.1, -0.05) is 84.9 Å². The maximum atomic E-state index is 13.5. The molecule has 1 saturated heterocycles. The van der Waals surface area contributed by atoms with Crippen molar-refractivity contribution in [2.24, 2.45) is 0 Å². The van der Waals surface area contributed by atoms with Gasteiger partial charge in [-0.2, -0.15) is 0 Å². The molecule has 3 aromatic carbocycles. The maximum absolute atomic E-state index is 13.5. The lowest BCUT2D eigenvalue weighted by Gasteiger charge is -2.42. The fourth-order valence-electron chi connectivity index (χ4n) is 5.00. The van der Waals surface area contributed by atoms with Crippen molar-refractivity contribution in [3.8, 4) is 0 Å². The van der Waals surface area contributed by atoms with E-state index in [1.807, 2.05) is 77.7 Å². The summed E-state index contributed by atoms with van der Waals surface area (Å²) in [5.74, 6) is -2.21. The van der Waals surface area contributed by atoms with Crippen molar-refractivity contribution >= 4 is 11.8 Å². The van der Waals surface area contributed by atoms with Crippen LogP contribution in [0.4, 0.5) is 0 Å². The van der Waals surface area contributed by atoms with E-state index in [0.29, 0.717) is 11.1 Å². The molecule has 0 radical (unpaired) electrons. The molecule has 0 unspecified atom stereocenters. The van der Waals surface area contributed by atoms with Crippen molar-refractivity contribution in [1.82, 2.24) is 4.90 Å². The highest BCUT2D eigenvalue weighted by atomic mass is 16.7. The van der Waals surface area contributed by atoms with Crippen LogP contribution in [0.1, 0.15) is 40.0 Å². The van der Waals surface area contributed by atoms with Crippen LogP contribution in [0.2, 0.25) is 0 Å². The van der Waals surface area contributed by atoms with Crippen molar-refractivity contribution in [3.63, 3.8) is 0 Å². The minimum absolute atomic E-state index is 0.193. The molecule has 0 spiro atoms. The van der Waals surface area contributed by atoms with Crippen LogP contribution >= 0.6 is 0 Å². The summed E-state index contributed by atoms with van der Waals surface area (Å²) in [6, 6.07) is 25.5. The molecule has 0 saturated carbocycles. The minimum Gasteiger partial charge on any atom is -0.465 e.